The summed E-state index contributed by atoms with van der Waals surface area (Å²) in [5.74, 6) is 2.35. The van der Waals surface area contributed by atoms with Crippen molar-refractivity contribution in [3.63, 3.8) is 0 Å². The van der Waals surface area contributed by atoms with Crippen LogP contribution in [0.15, 0.2) is 0 Å². The van der Waals surface area contributed by atoms with Crippen molar-refractivity contribution in [2.45, 2.75) is 148 Å². The fourth-order valence-corrected chi connectivity index (χ4v) is 13.0. The quantitative estimate of drug-likeness (QED) is 0.365. The van der Waals surface area contributed by atoms with Gasteiger partial charge in [-0.25, -0.2) is 0 Å². The molecule has 0 aromatic rings. The summed E-state index contributed by atoms with van der Waals surface area (Å²) < 4.78 is 25.6. The minimum atomic E-state index is -1.14. The molecule has 0 amide bonds. The first-order valence-electron chi connectivity index (χ1n) is 18.4. The molecule has 9 unspecified atom stereocenters. The van der Waals surface area contributed by atoms with Gasteiger partial charge in [0.2, 0.25) is 0 Å². The van der Waals surface area contributed by atoms with Crippen molar-refractivity contribution in [3.8, 4) is 0 Å². The fraction of sp³-hybridized carbons (Fsp3) is 0.973. The molecular weight excluding hydrogens is 570 g/mol. The molecule has 5 saturated carbocycles. The molecule has 7 fully saturated rings. The zero-order valence-corrected chi connectivity index (χ0v) is 28.9. The molecule has 2 saturated heterocycles. The number of rotatable bonds is 7. The zero-order chi connectivity index (χ0) is 32.0. The molecule has 2 spiro atoms. The number of carbonyl (C=O) groups is 1. The van der Waals surface area contributed by atoms with E-state index in [4.69, 9.17) is 18.9 Å². The van der Waals surface area contributed by atoms with Crippen LogP contribution >= 0.6 is 0 Å². The predicted molar refractivity (Wildman–Crippen MR) is 170 cm³/mol. The van der Waals surface area contributed by atoms with Gasteiger partial charge in [-0.2, -0.15) is 0 Å². The highest BCUT2D eigenvalue weighted by Crippen LogP contribution is 2.87. The normalized spacial score (nSPS) is 48.1. The number of fused-ring (bicyclic) bond motifs is 4. The number of hydrogen-bond acceptors (Lipinski definition) is 8. The maximum atomic E-state index is 11.9. The van der Waals surface area contributed by atoms with Crippen LogP contribution < -0.4 is 0 Å². The lowest BCUT2D eigenvalue weighted by Gasteiger charge is -2.59. The minimum Gasteiger partial charge on any atom is -0.457 e. The Morgan fingerprint density at radius 3 is 2.49 bits per heavy atom. The Kier molecular flexibility index (Phi) is 8.30. The van der Waals surface area contributed by atoms with E-state index in [0.29, 0.717) is 47.2 Å². The van der Waals surface area contributed by atoms with Gasteiger partial charge in [-0.05, 0) is 123 Å². The van der Waals surface area contributed by atoms with Gasteiger partial charge in [-0.15, -0.1) is 0 Å². The first-order valence-corrected chi connectivity index (χ1v) is 18.4. The van der Waals surface area contributed by atoms with E-state index in [1.165, 1.54) is 45.4 Å². The van der Waals surface area contributed by atoms with E-state index in [0.717, 1.165) is 51.1 Å². The summed E-state index contributed by atoms with van der Waals surface area (Å²) >= 11 is 0. The van der Waals surface area contributed by atoms with Gasteiger partial charge in [-0.1, -0.05) is 20.8 Å². The second kappa shape index (κ2) is 11.4. The van der Waals surface area contributed by atoms with Crippen molar-refractivity contribution < 1.29 is 34.0 Å². The average Bonchev–Trinajstić information content (AvgIpc) is 3.61. The van der Waals surface area contributed by atoms with Crippen molar-refractivity contribution in [1.82, 2.24) is 4.90 Å². The van der Waals surface area contributed by atoms with Gasteiger partial charge >= 0.3 is 5.97 Å². The van der Waals surface area contributed by atoms with E-state index in [9.17, 15) is 15.0 Å². The maximum absolute atomic E-state index is 11.9. The summed E-state index contributed by atoms with van der Waals surface area (Å²) in [4.78, 5) is 14.2. The second-order valence-electron chi connectivity index (χ2n) is 17.8. The van der Waals surface area contributed by atoms with Crippen molar-refractivity contribution in [2.75, 3.05) is 32.8 Å². The lowest BCUT2D eigenvalue weighted by atomic mass is 9.46. The van der Waals surface area contributed by atoms with Crippen LogP contribution in [0.4, 0.5) is 0 Å². The van der Waals surface area contributed by atoms with Crippen LogP contribution in [0.5, 0.6) is 0 Å². The second-order valence-corrected chi connectivity index (χ2v) is 17.8. The maximum Gasteiger partial charge on any atom is 0.303 e. The summed E-state index contributed by atoms with van der Waals surface area (Å²) in [7, 11) is 0. The van der Waals surface area contributed by atoms with Crippen molar-refractivity contribution in [2.24, 2.45) is 45.3 Å². The molecule has 2 heterocycles. The predicted octanol–water partition coefficient (Wildman–Crippen LogP) is 5.32. The fourth-order valence-electron chi connectivity index (χ4n) is 13.0. The van der Waals surface area contributed by atoms with Crippen LogP contribution in [-0.4, -0.2) is 90.2 Å². The number of β-amino-alcohol motifs (C(OH)–C–C–N with tert-alkyl or cyclic N) is 1. The van der Waals surface area contributed by atoms with Gasteiger partial charge in [0.25, 0.3) is 0 Å². The van der Waals surface area contributed by atoms with E-state index >= 15 is 0 Å². The van der Waals surface area contributed by atoms with Crippen LogP contribution in [0.25, 0.3) is 0 Å². The van der Waals surface area contributed by atoms with Gasteiger partial charge in [-0.3, -0.25) is 9.69 Å². The molecule has 2 aliphatic heterocycles. The van der Waals surface area contributed by atoms with Crippen LogP contribution in [-0.2, 0) is 23.7 Å². The van der Waals surface area contributed by atoms with Crippen LogP contribution in [0.3, 0.4) is 0 Å². The van der Waals surface area contributed by atoms with Gasteiger partial charge in [0.05, 0.1) is 37.1 Å². The van der Waals surface area contributed by atoms with Gasteiger partial charge in [0.1, 0.15) is 0 Å². The Hall–Kier alpha value is -0.770. The molecule has 0 aromatic carbocycles. The first-order chi connectivity index (χ1) is 21.2. The highest BCUT2D eigenvalue weighted by atomic mass is 16.7. The van der Waals surface area contributed by atoms with E-state index in [1.807, 2.05) is 0 Å². The molecule has 12 atom stereocenters. The van der Waals surface area contributed by atoms with Crippen LogP contribution in [0.2, 0.25) is 0 Å². The molecule has 8 nitrogen and oxygen atoms in total. The molecule has 256 valence electrons. The Morgan fingerprint density at radius 2 is 1.76 bits per heavy atom. The van der Waals surface area contributed by atoms with Gasteiger partial charge < -0.3 is 29.2 Å². The third kappa shape index (κ3) is 5.17. The monoisotopic (exact) mass is 631 g/mol. The third-order valence-corrected chi connectivity index (χ3v) is 15.0. The highest BCUT2D eigenvalue weighted by molar-refractivity contribution is 5.66. The molecule has 7 rings (SSSR count). The van der Waals surface area contributed by atoms with Gasteiger partial charge in [0.15, 0.2) is 12.4 Å². The number of carbonyl (C=O) groups excluding carboxylic acids is 1. The Bertz CT molecular complexity index is 1120. The third-order valence-electron chi connectivity index (χ3n) is 15.0. The summed E-state index contributed by atoms with van der Waals surface area (Å²) in [5.41, 5.74) is 0.230. The van der Waals surface area contributed by atoms with E-state index < -0.39 is 11.7 Å². The molecular formula is C37H61NO7. The molecule has 5 aliphatic carbocycles. The summed E-state index contributed by atoms with van der Waals surface area (Å²) in [6, 6.07) is 0. The molecule has 0 aromatic heterocycles. The topological polar surface area (TPSA) is 97.7 Å². The Labute approximate surface area is 271 Å². The Balaban J connectivity index is 1.04. The van der Waals surface area contributed by atoms with Crippen LogP contribution in [0.1, 0.15) is 112 Å². The van der Waals surface area contributed by atoms with Crippen LogP contribution in [0, 0.1) is 45.3 Å². The standard InChI is InChI=1S/C37H61NO7/c1-23(40)43-32(34(4,5)41)27-9-7-25-28(44-27)21-26-24-8-10-29-33(2,3)30(45-31-12-16-38(17-19-39)18-20-42-31)11-13-37(29)22-36(24,37)15-14-35(25,26)6/h24-32,39,41H,7-22H2,1-6H3/t24?,25?,26?,27?,28?,29?,30-,31?,32-,35+,36?,37?/m0/s1. The minimum absolute atomic E-state index is 0.122. The number of ether oxygens (including phenoxy) is 4. The molecule has 2 N–H and O–H groups in total. The van der Waals surface area contributed by atoms with E-state index in [-0.39, 0.29) is 42.6 Å². The van der Waals surface area contributed by atoms with E-state index in [1.54, 1.807) is 13.8 Å². The number of nitrogens with zero attached hydrogens (tertiary/aromatic N) is 1. The molecule has 0 radical (unpaired) electrons. The highest BCUT2D eigenvalue weighted by Gasteiger charge is 2.80. The summed E-state index contributed by atoms with van der Waals surface area (Å²) in [5, 5.41) is 20.3. The first kappa shape index (κ1) is 32.8. The van der Waals surface area contributed by atoms with Gasteiger partial charge in [0, 0.05) is 33.0 Å². The summed E-state index contributed by atoms with van der Waals surface area (Å²) in [6.07, 6.45) is 12.4. The van der Waals surface area contributed by atoms with Crippen molar-refractivity contribution >= 4 is 5.97 Å². The number of aliphatic hydroxyl groups excluding tert-OH is 1. The lowest BCUT2D eigenvalue weighted by Crippen LogP contribution is -2.55. The number of hydrogen-bond donors (Lipinski definition) is 2. The zero-order valence-electron chi connectivity index (χ0n) is 28.9. The molecule has 45 heavy (non-hydrogen) atoms. The lowest BCUT2D eigenvalue weighted by molar-refractivity contribution is -0.225. The number of esters is 1. The average molecular weight is 632 g/mol. The summed E-state index contributed by atoms with van der Waals surface area (Å²) in [6.45, 7) is 15.8. The SMILES string of the molecule is CC(=O)O[C@@H](C1CCC2C(CC3C4CCC5C(C)(C)[C@@H](OC6CCN(CCO)CCO6)CCC56CC46CC[C@]23C)O1)C(C)(C)O. The van der Waals surface area contributed by atoms with E-state index in [2.05, 4.69) is 25.7 Å². The Morgan fingerprint density at radius 1 is 0.978 bits per heavy atom. The largest absolute Gasteiger partial charge is 0.457 e. The smallest absolute Gasteiger partial charge is 0.303 e. The number of aliphatic hydroxyl groups is 2. The molecule has 7 aliphatic rings. The molecule has 0 bridgehead atoms. The molecule has 8 heteroatoms. The van der Waals surface area contributed by atoms with Crippen molar-refractivity contribution in [1.29, 1.82) is 0 Å². The van der Waals surface area contributed by atoms with Crippen molar-refractivity contribution in [3.05, 3.63) is 0 Å².